The molecule has 0 N–H and O–H groups in total. The number of hydrogen-bond donors (Lipinski definition) is 0. The number of benzene rings is 15. The summed E-state index contributed by atoms with van der Waals surface area (Å²) in [5.74, 6) is 0. The predicted octanol–water partition coefficient (Wildman–Crippen LogP) is 36.0. The van der Waals surface area contributed by atoms with Crippen molar-refractivity contribution in [1.82, 2.24) is 0 Å². The fourth-order valence-electron chi connectivity index (χ4n) is 17.4. The van der Waals surface area contributed by atoms with Crippen LogP contribution in [-0.4, -0.2) is 0 Å². The maximum absolute atomic E-state index is 2.41. The minimum atomic E-state index is 1.04. The number of aryl methyl sites for hydroxylation is 9. The molecule has 15 rings (SSSR count). The average molecular weight is 1670 g/mol. The van der Waals surface area contributed by atoms with E-state index in [0.29, 0.717) is 0 Å². The maximum atomic E-state index is 2.41. The highest BCUT2D eigenvalue weighted by atomic mass is 15.2. The fourth-order valence-corrected chi connectivity index (χ4v) is 17.4. The van der Waals surface area contributed by atoms with E-state index in [1.54, 1.807) is 0 Å². The SMILES string of the molecule is CCCCc1ccc(N(c2ccc(CCCC)cc2)c2ccc(N(c3ccc(CCCC)cc3)c3ccc(N(c4ccc(C)cc4)c4ccc(N(c5ccc(C)cc5)c5ccc(N(c6ccc(N(c7ccc(CCCC)cc7)c7ccc(CCCC)cc7)cc6)c6ccc(N(c7ccc(CCCC)cc7)c7ccc(CCCC)cc7)cc6)cc5)cc4)cc3)cc2)cc1. The second-order valence-electron chi connectivity index (χ2n) is 34.5. The summed E-state index contributed by atoms with van der Waals surface area (Å²) in [7, 11) is 0. The van der Waals surface area contributed by atoms with Gasteiger partial charge in [-0.25, -0.2) is 0 Å². The molecule has 0 spiro atoms. The summed E-state index contributed by atoms with van der Waals surface area (Å²) in [5, 5.41) is 0. The van der Waals surface area contributed by atoms with Crippen molar-refractivity contribution >= 4 is 119 Å². The van der Waals surface area contributed by atoms with Crippen LogP contribution in [0.15, 0.2) is 364 Å². The highest BCUT2D eigenvalue weighted by Crippen LogP contribution is 2.47. The van der Waals surface area contributed by atoms with Crippen LogP contribution in [0.1, 0.15) is 188 Å². The Morgan fingerprint density at radius 3 is 0.283 bits per heavy atom. The zero-order valence-electron chi connectivity index (χ0n) is 76.6. The van der Waals surface area contributed by atoms with Gasteiger partial charge in [0.15, 0.2) is 0 Å². The Labute approximate surface area is 759 Å². The molecule has 0 bridgehead atoms. The third kappa shape index (κ3) is 22.4. The van der Waals surface area contributed by atoms with Gasteiger partial charge in [-0.2, -0.15) is 0 Å². The summed E-state index contributed by atoms with van der Waals surface area (Å²) in [6.45, 7) is 20.2. The molecule has 0 aliphatic heterocycles. The molecular formula is C120H129N7. The van der Waals surface area contributed by atoms with Crippen molar-refractivity contribution in [1.29, 1.82) is 0 Å². The molecule has 15 aromatic carbocycles. The first-order valence-corrected chi connectivity index (χ1v) is 47.4. The molecule has 0 saturated heterocycles. The molecule has 0 fully saturated rings. The number of nitrogens with zero attached hydrogens (tertiary/aromatic N) is 7. The smallest absolute Gasteiger partial charge is 0.0463 e. The molecule has 127 heavy (non-hydrogen) atoms. The molecule has 7 nitrogen and oxygen atoms in total. The molecule has 0 amide bonds. The molecular weight excluding hydrogens is 1540 g/mol. The van der Waals surface area contributed by atoms with Gasteiger partial charge in [0.1, 0.15) is 0 Å². The van der Waals surface area contributed by atoms with Crippen LogP contribution < -0.4 is 34.3 Å². The Morgan fingerprint density at radius 2 is 0.197 bits per heavy atom. The van der Waals surface area contributed by atoms with Crippen molar-refractivity contribution in [2.45, 2.75) is 197 Å². The Hall–Kier alpha value is -13.1. The molecule has 15 aromatic rings. The van der Waals surface area contributed by atoms with Crippen LogP contribution in [0.4, 0.5) is 119 Å². The molecule has 0 radical (unpaired) electrons. The van der Waals surface area contributed by atoms with Crippen LogP contribution in [0.5, 0.6) is 0 Å². The summed E-state index contributed by atoms with van der Waals surface area (Å²) in [6.07, 6.45) is 24.0. The van der Waals surface area contributed by atoms with E-state index in [1.165, 1.54) is 127 Å². The van der Waals surface area contributed by atoms with E-state index in [0.717, 1.165) is 177 Å². The lowest BCUT2D eigenvalue weighted by Crippen LogP contribution is -2.14. The Bertz CT molecular complexity index is 5510. The molecule has 0 saturated carbocycles. The Morgan fingerprint density at radius 1 is 0.118 bits per heavy atom. The van der Waals surface area contributed by atoms with Crippen molar-refractivity contribution in [3.05, 3.63) is 414 Å². The first-order valence-electron chi connectivity index (χ1n) is 47.4. The minimum Gasteiger partial charge on any atom is -0.311 e. The van der Waals surface area contributed by atoms with Crippen LogP contribution in [0.3, 0.4) is 0 Å². The van der Waals surface area contributed by atoms with Gasteiger partial charge in [-0.1, -0.05) is 214 Å². The first-order chi connectivity index (χ1) is 62.5. The number of hydrogen-bond acceptors (Lipinski definition) is 7. The molecule has 7 heteroatoms. The van der Waals surface area contributed by atoms with E-state index >= 15 is 0 Å². The molecule has 0 atom stereocenters. The van der Waals surface area contributed by atoms with E-state index < -0.39 is 0 Å². The van der Waals surface area contributed by atoms with E-state index in [2.05, 4.69) is 461 Å². The van der Waals surface area contributed by atoms with Gasteiger partial charge in [0.2, 0.25) is 0 Å². The molecule has 0 heterocycles. The quantitative estimate of drug-likeness (QED) is 0.0376. The van der Waals surface area contributed by atoms with Crippen molar-refractivity contribution < 1.29 is 0 Å². The van der Waals surface area contributed by atoms with Crippen LogP contribution in [-0.2, 0) is 44.9 Å². The summed E-state index contributed by atoms with van der Waals surface area (Å²) >= 11 is 0. The highest BCUT2D eigenvalue weighted by molar-refractivity contribution is 5.89. The Kier molecular flexibility index (Phi) is 30.9. The van der Waals surface area contributed by atoms with Gasteiger partial charge in [0.25, 0.3) is 0 Å². The molecule has 0 aliphatic carbocycles. The highest BCUT2D eigenvalue weighted by Gasteiger charge is 2.24. The molecule has 0 aromatic heterocycles. The third-order valence-corrected chi connectivity index (χ3v) is 24.9. The molecule has 0 unspecified atom stereocenters. The normalized spacial score (nSPS) is 11.2. The van der Waals surface area contributed by atoms with Gasteiger partial charge in [-0.05, 0) is 397 Å². The van der Waals surface area contributed by atoms with Crippen molar-refractivity contribution in [2.75, 3.05) is 34.3 Å². The monoisotopic (exact) mass is 1670 g/mol. The standard InChI is InChI=1S/C120H129N7/c1-10-17-24-93-35-53-102(54-36-93)123(103-55-37-94(38-56-103)25-18-11-2)113-75-83-117(84-76-113)126(108-65-47-99(48-66-108)30-23-16-7)116-81-71-111(72-82-116)121(100-49-31-91(8)32-50-100)109-67-69-110(70-68-109)122(101-51-33-92(9)34-52-101)112-73-85-118(86-74-112)127(119-87-77-114(78-88-119)124(104-57-39-95(40-58-104)26-19-12-3)105-59-41-96(42-60-105)27-20-13-4)120-89-79-115(80-90-120)125(106-61-43-97(44-62-106)28-21-14-5)107-63-45-98(46-64-107)29-22-15-6/h31-90H,10-30H2,1-9H3. The van der Waals surface area contributed by atoms with Gasteiger partial charge in [-0.3, -0.25) is 0 Å². The van der Waals surface area contributed by atoms with Crippen molar-refractivity contribution in [3.63, 3.8) is 0 Å². The van der Waals surface area contributed by atoms with Crippen LogP contribution >= 0.6 is 0 Å². The van der Waals surface area contributed by atoms with Gasteiger partial charge >= 0.3 is 0 Å². The largest absolute Gasteiger partial charge is 0.311 e. The fraction of sp³-hybridized carbons (Fsp3) is 0.250. The summed E-state index contributed by atoms with van der Waals surface area (Å²) in [5.41, 5.74) is 34.9. The predicted molar refractivity (Wildman–Crippen MR) is 549 cm³/mol. The van der Waals surface area contributed by atoms with Crippen molar-refractivity contribution in [3.8, 4) is 0 Å². The number of unbranched alkanes of at least 4 members (excludes halogenated alkanes) is 7. The lowest BCUT2D eigenvalue weighted by Gasteiger charge is -2.31. The lowest BCUT2D eigenvalue weighted by atomic mass is 10.1. The molecule has 0 aliphatic rings. The van der Waals surface area contributed by atoms with E-state index in [1.807, 2.05) is 0 Å². The molecule has 644 valence electrons. The summed E-state index contributed by atoms with van der Waals surface area (Å²) in [4.78, 5) is 16.8. The second-order valence-corrected chi connectivity index (χ2v) is 34.5. The van der Waals surface area contributed by atoms with Crippen LogP contribution in [0, 0.1) is 13.8 Å². The summed E-state index contributed by atoms with van der Waals surface area (Å²) in [6, 6.07) is 138. The number of rotatable bonds is 42. The zero-order chi connectivity index (χ0) is 87.6. The van der Waals surface area contributed by atoms with Gasteiger partial charge in [0, 0.05) is 119 Å². The average Bonchev–Trinajstić information content (AvgIpc) is 0.842. The van der Waals surface area contributed by atoms with E-state index in [-0.39, 0.29) is 0 Å². The number of anilines is 21. The van der Waals surface area contributed by atoms with E-state index in [9.17, 15) is 0 Å². The van der Waals surface area contributed by atoms with Crippen molar-refractivity contribution in [2.24, 2.45) is 0 Å². The zero-order valence-corrected chi connectivity index (χ0v) is 76.6. The van der Waals surface area contributed by atoms with Gasteiger partial charge in [0.05, 0.1) is 0 Å². The first kappa shape index (κ1) is 88.8. The minimum absolute atomic E-state index is 1.04. The third-order valence-electron chi connectivity index (χ3n) is 24.9. The van der Waals surface area contributed by atoms with E-state index in [4.69, 9.17) is 0 Å². The lowest BCUT2D eigenvalue weighted by molar-refractivity contribution is 0.795. The second kappa shape index (κ2) is 44.2. The van der Waals surface area contributed by atoms with Crippen LogP contribution in [0.25, 0.3) is 0 Å². The topological polar surface area (TPSA) is 22.7 Å². The van der Waals surface area contributed by atoms with Gasteiger partial charge < -0.3 is 34.3 Å². The summed E-state index contributed by atoms with van der Waals surface area (Å²) < 4.78 is 0. The van der Waals surface area contributed by atoms with Gasteiger partial charge in [-0.15, -0.1) is 0 Å². The van der Waals surface area contributed by atoms with Crippen LogP contribution in [0.2, 0.25) is 0 Å². The Balaban J connectivity index is 0.778. The maximum Gasteiger partial charge on any atom is 0.0463 e.